The zero-order valence-corrected chi connectivity index (χ0v) is 9.54. The van der Waals surface area contributed by atoms with Gasteiger partial charge in [0.05, 0.1) is 6.54 Å². The molecule has 0 fully saturated rings. The van der Waals surface area contributed by atoms with E-state index in [1.807, 2.05) is 13.1 Å². The van der Waals surface area contributed by atoms with Crippen molar-refractivity contribution in [1.29, 1.82) is 0 Å². The van der Waals surface area contributed by atoms with Gasteiger partial charge >= 0.3 is 0 Å². The lowest BCUT2D eigenvalue weighted by atomic mass is 10.3. The number of rotatable bonds is 2. The van der Waals surface area contributed by atoms with Crippen molar-refractivity contribution in [2.75, 3.05) is 23.8 Å². The topological polar surface area (TPSA) is 71.8 Å². The maximum Gasteiger partial charge on any atom is 0.224 e. The zero-order chi connectivity index (χ0) is 11.7. The lowest BCUT2D eigenvalue weighted by Gasteiger charge is -2.27. The Balaban J connectivity index is 1.86. The minimum absolute atomic E-state index is 0.634. The quantitative estimate of drug-likeness (QED) is 0.792. The monoisotopic (exact) mass is 231 g/mol. The third-order valence-corrected chi connectivity index (χ3v) is 2.83. The standard InChI is InChI=1S/C10H13N7/c1-11-10-12-3-2-8(14-10)16-4-5-17-7-13-15-9(17)6-16/h2-3,7H,4-6H2,1H3,(H,11,12,14). The van der Waals surface area contributed by atoms with Gasteiger partial charge in [0, 0.05) is 26.3 Å². The van der Waals surface area contributed by atoms with Gasteiger partial charge in [-0.25, -0.2) is 4.98 Å². The summed E-state index contributed by atoms with van der Waals surface area (Å²) in [5.74, 6) is 2.52. The molecule has 0 radical (unpaired) electrons. The predicted molar refractivity (Wildman–Crippen MR) is 62.7 cm³/mol. The molecule has 88 valence electrons. The molecule has 0 atom stereocenters. The Morgan fingerprint density at radius 2 is 2.29 bits per heavy atom. The number of hydrogen-bond acceptors (Lipinski definition) is 6. The molecular weight excluding hydrogens is 218 g/mol. The average Bonchev–Trinajstić information content (AvgIpc) is 2.86. The van der Waals surface area contributed by atoms with Crippen LogP contribution >= 0.6 is 0 Å². The Labute approximate surface area is 98.5 Å². The van der Waals surface area contributed by atoms with E-state index in [2.05, 4.69) is 34.9 Å². The van der Waals surface area contributed by atoms with Gasteiger partial charge in [0.1, 0.15) is 12.1 Å². The summed E-state index contributed by atoms with van der Waals surface area (Å²) in [4.78, 5) is 10.7. The Morgan fingerprint density at radius 3 is 3.18 bits per heavy atom. The first-order valence-electron chi connectivity index (χ1n) is 5.49. The van der Waals surface area contributed by atoms with Gasteiger partial charge in [0.2, 0.25) is 5.95 Å². The highest BCUT2D eigenvalue weighted by molar-refractivity contribution is 5.42. The Bertz CT molecular complexity index is 521. The van der Waals surface area contributed by atoms with Crippen LogP contribution in [-0.2, 0) is 13.1 Å². The minimum atomic E-state index is 0.634. The van der Waals surface area contributed by atoms with Crippen molar-refractivity contribution in [3.8, 4) is 0 Å². The summed E-state index contributed by atoms with van der Waals surface area (Å²) in [6.45, 7) is 2.53. The van der Waals surface area contributed by atoms with E-state index in [9.17, 15) is 0 Å². The third kappa shape index (κ3) is 1.79. The van der Waals surface area contributed by atoms with Gasteiger partial charge in [0.15, 0.2) is 5.82 Å². The van der Waals surface area contributed by atoms with Gasteiger partial charge in [-0.3, -0.25) is 0 Å². The number of anilines is 2. The molecule has 17 heavy (non-hydrogen) atoms. The second-order valence-electron chi connectivity index (χ2n) is 3.85. The van der Waals surface area contributed by atoms with Crippen LogP contribution < -0.4 is 10.2 Å². The molecule has 3 heterocycles. The van der Waals surface area contributed by atoms with Crippen LogP contribution in [0.25, 0.3) is 0 Å². The molecular formula is C10H13N7. The van der Waals surface area contributed by atoms with Crippen LogP contribution in [0.1, 0.15) is 5.82 Å². The molecule has 3 rings (SSSR count). The molecule has 0 bridgehead atoms. The molecule has 1 aliphatic heterocycles. The summed E-state index contributed by atoms with van der Waals surface area (Å²) in [5, 5.41) is 10.9. The molecule has 2 aromatic heterocycles. The van der Waals surface area contributed by atoms with E-state index in [1.165, 1.54) is 0 Å². The van der Waals surface area contributed by atoms with Crippen LogP contribution in [-0.4, -0.2) is 38.3 Å². The summed E-state index contributed by atoms with van der Waals surface area (Å²) in [6, 6.07) is 1.91. The lowest BCUT2D eigenvalue weighted by Crippen LogP contribution is -2.34. The Kier molecular flexibility index (Phi) is 2.36. The summed E-state index contributed by atoms with van der Waals surface area (Å²) < 4.78 is 2.07. The maximum atomic E-state index is 4.42. The number of fused-ring (bicyclic) bond motifs is 1. The molecule has 0 unspecified atom stereocenters. The van der Waals surface area contributed by atoms with Crippen molar-refractivity contribution in [3.63, 3.8) is 0 Å². The maximum absolute atomic E-state index is 4.42. The van der Waals surface area contributed by atoms with E-state index in [0.717, 1.165) is 31.3 Å². The van der Waals surface area contributed by atoms with E-state index in [1.54, 1.807) is 12.5 Å². The van der Waals surface area contributed by atoms with Gasteiger partial charge < -0.3 is 14.8 Å². The van der Waals surface area contributed by atoms with Crippen molar-refractivity contribution in [3.05, 3.63) is 24.4 Å². The number of hydrogen-bond donors (Lipinski definition) is 1. The number of nitrogens with one attached hydrogen (secondary N) is 1. The fraction of sp³-hybridized carbons (Fsp3) is 0.400. The summed E-state index contributed by atoms with van der Waals surface area (Å²) >= 11 is 0. The largest absolute Gasteiger partial charge is 0.357 e. The lowest BCUT2D eigenvalue weighted by molar-refractivity contribution is 0.556. The van der Waals surface area contributed by atoms with E-state index >= 15 is 0 Å². The first-order valence-corrected chi connectivity index (χ1v) is 5.49. The predicted octanol–water partition coefficient (Wildman–Crippen LogP) is 0.130. The fourth-order valence-corrected chi connectivity index (χ4v) is 1.91. The van der Waals surface area contributed by atoms with Gasteiger partial charge in [-0.05, 0) is 6.07 Å². The molecule has 0 amide bonds. The summed E-state index contributed by atoms with van der Waals surface area (Å²) in [5.41, 5.74) is 0. The van der Waals surface area contributed by atoms with Crippen LogP contribution in [0.15, 0.2) is 18.6 Å². The molecule has 2 aromatic rings. The van der Waals surface area contributed by atoms with E-state index < -0.39 is 0 Å². The van der Waals surface area contributed by atoms with Crippen LogP contribution in [0.2, 0.25) is 0 Å². The molecule has 1 aliphatic rings. The highest BCUT2D eigenvalue weighted by Gasteiger charge is 2.18. The van der Waals surface area contributed by atoms with Crippen LogP contribution in [0.5, 0.6) is 0 Å². The summed E-state index contributed by atoms with van der Waals surface area (Å²) in [7, 11) is 1.81. The van der Waals surface area contributed by atoms with Crippen LogP contribution in [0.3, 0.4) is 0 Å². The van der Waals surface area contributed by atoms with E-state index in [-0.39, 0.29) is 0 Å². The first-order chi connectivity index (χ1) is 8.36. The highest BCUT2D eigenvalue weighted by atomic mass is 15.3. The van der Waals surface area contributed by atoms with Crippen molar-refractivity contribution in [1.82, 2.24) is 24.7 Å². The molecule has 0 aromatic carbocycles. The Hall–Kier alpha value is -2.18. The van der Waals surface area contributed by atoms with Gasteiger partial charge in [-0.2, -0.15) is 4.98 Å². The van der Waals surface area contributed by atoms with Crippen LogP contribution in [0, 0.1) is 0 Å². The minimum Gasteiger partial charge on any atom is -0.357 e. The molecule has 0 aliphatic carbocycles. The van der Waals surface area contributed by atoms with Gasteiger partial charge in [0.25, 0.3) is 0 Å². The van der Waals surface area contributed by atoms with E-state index in [0.29, 0.717) is 5.95 Å². The molecule has 0 saturated heterocycles. The van der Waals surface area contributed by atoms with Crippen molar-refractivity contribution < 1.29 is 0 Å². The van der Waals surface area contributed by atoms with Gasteiger partial charge in [-0.15, -0.1) is 10.2 Å². The van der Waals surface area contributed by atoms with Crippen molar-refractivity contribution in [2.24, 2.45) is 0 Å². The van der Waals surface area contributed by atoms with Crippen molar-refractivity contribution >= 4 is 11.8 Å². The summed E-state index contributed by atoms with van der Waals surface area (Å²) in [6.07, 6.45) is 3.53. The molecule has 7 heteroatoms. The smallest absolute Gasteiger partial charge is 0.224 e. The Morgan fingerprint density at radius 1 is 1.35 bits per heavy atom. The molecule has 0 saturated carbocycles. The molecule has 0 spiro atoms. The number of aromatic nitrogens is 5. The van der Waals surface area contributed by atoms with Crippen LogP contribution in [0.4, 0.5) is 11.8 Å². The highest BCUT2D eigenvalue weighted by Crippen LogP contribution is 2.17. The van der Waals surface area contributed by atoms with E-state index in [4.69, 9.17) is 0 Å². The first kappa shape index (κ1) is 10.0. The SMILES string of the molecule is CNc1nccc(N2CCn3cnnc3C2)n1. The molecule has 1 N–H and O–H groups in total. The van der Waals surface area contributed by atoms with Crippen molar-refractivity contribution in [2.45, 2.75) is 13.1 Å². The second kappa shape index (κ2) is 4.00. The average molecular weight is 231 g/mol. The third-order valence-electron chi connectivity index (χ3n) is 2.83. The zero-order valence-electron chi connectivity index (χ0n) is 9.54. The second-order valence-corrected chi connectivity index (χ2v) is 3.85. The normalized spacial score (nSPS) is 14.5. The number of nitrogens with zero attached hydrogens (tertiary/aromatic N) is 6. The molecule has 7 nitrogen and oxygen atoms in total. The fourth-order valence-electron chi connectivity index (χ4n) is 1.91. The van der Waals surface area contributed by atoms with Gasteiger partial charge in [-0.1, -0.05) is 0 Å².